The monoisotopic (exact) mass is 214 g/mol. The smallest absolute Gasteiger partial charge is 0.0353 e. The van der Waals surface area contributed by atoms with Gasteiger partial charge in [-0.1, -0.05) is 31.2 Å². The molecule has 4 N–H and O–H groups in total. The number of fused-ring (bicyclic) bond motifs is 1. The second-order valence-corrected chi connectivity index (χ2v) is 4.27. The Morgan fingerprint density at radius 2 is 1.75 bits per heavy atom. The van der Waals surface area contributed by atoms with Crippen molar-refractivity contribution in [2.24, 2.45) is 5.73 Å². The summed E-state index contributed by atoms with van der Waals surface area (Å²) in [5.74, 6) is 0. The molecule has 0 heterocycles. The quantitative estimate of drug-likeness (QED) is 0.772. The molecule has 0 fully saturated rings. The lowest BCUT2D eigenvalue weighted by Crippen LogP contribution is -2.21. The summed E-state index contributed by atoms with van der Waals surface area (Å²) in [5, 5.41) is 2.42. The van der Waals surface area contributed by atoms with Gasteiger partial charge in [0, 0.05) is 11.7 Å². The van der Waals surface area contributed by atoms with E-state index in [1.807, 2.05) is 18.2 Å². The van der Waals surface area contributed by atoms with Gasteiger partial charge in [-0.05, 0) is 41.3 Å². The molecule has 84 valence electrons. The van der Waals surface area contributed by atoms with Crippen molar-refractivity contribution >= 4 is 16.5 Å². The van der Waals surface area contributed by atoms with Crippen LogP contribution in [0, 0.1) is 0 Å². The third-order valence-electron chi connectivity index (χ3n) is 3.01. The first kappa shape index (κ1) is 11.0. The van der Waals surface area contributed by atoms with E-state index in [-0.39, 0.29) is 6.04 Å². The number of nitrogen functional groups attached to an aromatic ring is 1. The zero-order valence-corrected chi connectivity index (χ0v) is 9.61. The van der Waals surface area contributed by atoms with Crippen molar-refractivity contribution in [3.05, 3.63) is 42.0 Å². The van der Waals surface area contributed by atoms with Gasteiger partial charge in [0.1, 0.15) is 0 Å². The lowest BCUT2D eigenvalue weighted by atomic mass is 9.99. The minimum absolute atomic E-state index is 0.198. The van der Waals surface area contributed by atoms with Crippen LogP contribution in [0.3, 0.4) is 0 Å². The van der Waals surface area contributed by atoms with E-state index >= 15 is 0 Å². The second kappa shape index (κ2) is 4.54. The van der Waals surface area contributed by atoms with Crippen LogP contribution in [0.5, 0.6) is 0 Å². The van der Waals surface area contributed by atoms with Gasteiger partial charge < -0.3 is 11.5 Å². The lowest BCUT2D eigenvalue weighted by Gasteiger charge is -2.12. The number of nitrogens with two attached hydrogens (primary N) is 2. The molecule has 2 heteroatoms. The fraction of sp³-hybridized carbons (Fsp3) is 0.286. The Morgan fingerprint density at radius 3 is 2.38 bits per heavy atom. The van der Waals surface area contributed by atoms with Crippen LogP contribution >= 0.6 is 0 Å². The summed E-state index contributed by atoms with van der Waals surface area (Å²) in [4.78, 5) is 0. The van der Waals surface area contributed by atoms with Crippen molar-refractivity contribution in [2.45, 2.75) is 25.8 Å². The molecular formula is C14H18N2. The maximum atomic E-state index is 6.03. The highest BCUT2D eigenvalue weighted by atomic mass is 14.6. The molecule has 2 aromatic carbocycles. The highest BCUT2D eigenvalue weighted by Gasteiger charge is 2.06. The average Bonchev–Trinajstić information content (AvgIpc) is 2.30. The molecule has 0 saturated carbocycles. The van der Waals surface area contributed by atoms with Gasteiger partial charge in [0.25, 0.3) is 0 Å². The molecule has 2 aromatic rings. The van der Waals surface area contributed by atoms with Crippen LogP contribution in [0.4, 0.5) is 5.69 Å². The third-order valence-corrected chi connectivity index (χ3v) is 3.01. The van der Waals surface area contributed by atoms with E-state index in [4.69, 9.17) is 11.5 Å². The summed E-state index contributed by atoms with van der Waals surface area (Å²) in [7, 11) is 0. The van der Waals surface area contributed by atoms with Crippen molar-refractivity contribution in [3.63, 3.8) is 0 Å². The van der Waals surface area contributed by atoms with Gasteiger partial charge in [-0.15, -0.1) is 0 Å². The van der Waals surface area contributed by atoms with Crippen LogP contribution in [0.2, 0.25) is 0 Å². The van der Waals surface area contributed by atoms with E-state index in [0.29, 0.717) is 0 Å². The Balaban J connectivity index is 2.42. The SMILES string of the molecule is CCC(N)Cc1cc2ccccc2cc1N. The molecule has 2 rings (SSSR count). The predicted octanol–water partition coefficient (Wildman–Crippen LogP) is 2.70. The van der Waals surface area contributed by atoms with Gasteiger partial charge in [0.05, 0.1) is 0 Å². The summed E-state index contributed by atoms with van der Waals surface area (Å²) in [5.41, 5.74) is 14.0. The summed E-state index contributed by atoms with van der Waals surface area (Å²) < 4.78 is 0. The Labute approximate surface area is 96.3 Å². The zero-order valence-electron chi connectivity index (χ0n) is 9.61. The topological polar surface area (TPSA) is 52.0 Å². The highest BCUT2D eigenvalue weighted by molar-refractivity contribution is 5.86. The molecule has 2 nitrogen and oxygen atoms in total. The molecule has 1 atom stereocenters. The van der Waals surface area contributed by atoms with E-state index in [1.54, 1.807) is 0 Å². The zero-order chi connectivity index (χ0) is 11.5. The maximum absolute atomic E-state index is 6.03. The van der Waals surface area contributed by atoms with E-state index in [2.05, 4.69) is 25.1 Å². The van der Waals surface area contributed by atoms with E-state index < -0.39 is 0 Å². The van der Waals surface area contributed by atoms with E-state index in [0.717, 1.165) is 24.1 Å². The third kappa shape index (κ3) is 2.17. The summed E-state index contributed by atoms with van der Waals surface area (Å²) in [6, 6.07) is 12.6. The number of rotatable bonds is 3. The fourth-order valence-electron chi connectivity index (χ4n) is 1.91. The van der Waals surface area contributed by atoms with Crippen LogP contribution in [0.25, 0.3) is 10.8 Å². The van der Waals surface area contributed by atoms with Crippen molar-refractivity contribution in [1.29, 1.82) is 0 Å². The van der Waals surface area contributed by atoms with Crippen molar-refractivity contribution in [2.75, 3.05) is 5.73 Å². The predicted molar refractivity (Wildman–Crippen MR) is 70.3 cm³/mol. The van der Waals surface area contributed by atoms with Gasteiger partial charge in [-0.3, -0.25) is 0 Å². The second-order valence-electron chi connectivity index (χ2n) is 4.27. The van der Waals surface area contributed by atoms with Crippen molar-refractivity contribution in [3.8, 4) is 0 Å². The largest absolute Gasteiger partial charge is 0.398 e. The van der Waals surface area contributed by atoms with E-state index in [1.165, 1.54) is 10.8 Å². The standard InChI is InChI=1S/C14H18N2/c1-2-13(15)8-12-7-10-5-3-4-6-11(10)9-14(12)16/h3-7,9,13H,2,8,15-16H2,1H3. The summed E-state index contributed by atoms with van der Waals surface area (Å²) >= 11 is 0. The van der Waals surface area contributed by atoms with Gasteiger partial charge in [-0.25, -0.2) is 0 Å². The normalized spacial score (nSPS) is 12.9. The van der Waals surface area contributed by atoms with Crippen LogP contribution in [0.15, 0.2) is 36.4 Å². The molecular weight excluding hydrogens is 196 g/mol. The first-order chi connectivity index (χ1) is 7.70. The summed E-state index contributed by atoms with van der Waals surface area (Å²) in [6.07, 6.45) is 1.83. The average molecular weight is 214 g/mol. The van der Waals surface area contributed by atoms with Crippen LogP contribution in [0.1, 0.15) is 18.9 Å². The van der Waals surface area contributed by atoms with Crippen LogP contribution < -0.4 is 11.5 Å². The molecule has 0 spiro atoms. The summed E-state index contributed by atoms with van der Waals surface area (Å²) in [6.45, 7) is 2.10. The van der Waals surface area contributed by atoms with Crippen molar-refractivity contribution in [1.82, 2.24) is 0 Å². The van der Waals surface area contributed by atoms with Gasteiger partial charge in [0.15, 0.2) is 0 Å². The molecule has 0 aliphatic rings. The molecule has 0 bridgehead atoms. The molecule has 0 aliphatic carbocycles. The number of anilines is 1. The fourth-order valence-corrected chi connectivity index (χ4v) is 1.91. The number of hydrogen-bond donors (Lipinski definition) is 2. The molecule has 0 aromatic heterocycles. The Morgan fingerprint density at radius 1 is 1.12 bits per heavy atom. The maximum Gasteiger partial charge on any atom is 0.0353 e. The molecule has 0 saturated heterocycles. The van der Waals surface area contributed by atoms with Gasteiger partial charge in [-0.2, -0.15) is 0 Å². The van der Waals surface area contributed by atoms with Crippen molar-refractivity contribution < 1.29 is 0 Å². The number of benzene rings is 2. The molecule has 1 unspecified atom stereocenters. The first-order valence-corrected chi connectivity index (χ1v) is 5.73. The van der Waals surface area contributed by atoms with E-state index in [9.17, 15) is 0 Å². The van der Waals surface area contributed by atoms with Gasteiger partial charge in [0.2, 0.25) is 0 Å². The molecule has 0 amide bonds. The van der Waals surface area contributed by atoms with Crippen LogP contribution in [-0.4, -0.2) is 6.04 Å². The molecule has 0 aliphatic heterocycles. The molecule has 16 heavy (non-hydrogen) atoms. The Kier molecular flexibility index (Phi) is 3.11. The Hall–Kier alpha value is -1.54. The minimum atomic E-state index is 0.198. The first-order valence-electron chi connectivity index (χ1n) is 5.73. The highest BCUT2D eigenvalue weighted by Crippen LogP contribution is 2.22. The number of hydrogen-bond acceptors (Lipinski definition) is 2. The van der Waals surface area contributed by atoms with Gasteiger partial charge >= 0.3 is 0 Å². The van der Waals surface area contributed by atoms with Crippen LogP contribution in [-0.2, 0) is 6.42 Å². The Bertz CT molecular complexity index is 491. The minimum Gasteiger partial charge on any atom is -0.398 e. The molecule has 0 radical (unpaired) electrons. The lowest BCUT2D eigenvalue weighted by molar-refractivity contribution is 0.648.